The van der Waals surface area contributed by atoms with Crippen LogP contribution in [0, 0.1) is 17.9 Å². The minimum absolute atomic E-state index is 0.127. The maximum Gasteiger partial charge on any atom is 0.252 e. The van der Waals surface area contributed by atoms with Crippen LogP contribution in [0.3, 0.4) is 0 Å². The summed E-state index contributed by atoms with van der Waals surface area (Å²) in [7, 11) is 0. The standard InChI is InChI=1S/C108H73BN6/c1-108(2,3)83-52-50-75(51-53-83)93-62-80(76-37-25-28-70(58-76)69-110)61-91(73-33-13-7-14-34-73)106(93)114-101-67-85(112-97-46-21-17-42-87(97)88-43-18-22-47-98(88)112)54-56-95(101)109-96-57-55-86(113-99-48-23-19-44-89(99)90-45-20-24-49-100(90)113)68-102(96)115(104-66-82(65-103(114)105(104)109)72-31-11-6-12-32-72)107-92(74-35-15-8-16-36-74)63-81(78-39-27-41-84(60-78)111-4)64-94(107)79-40-26-38-77(59-79)71-29-9-5-10-30-71/h5-68H,1-3H3. The van der Waals surface area contributed by atoms with Crippen molar-refractivity contribution in [3.63, 3.8) is 0 Å². The molecule has 0 radical (unpaired) electrons. The van der Waals surface area contributed by atoms with E-state index in [0.717, 1.165) is 173 Å². The second kappa shape index (κ2) is 27.5. The van der Waals surface area contributed by atoms with Gasteiger partial charge in [0.05, 0.1) is 51.6 Å². The van der Waals surface area contributed by atoms with E-state index in [9.17, 15) is 5.26 Å². The molecule has 21 rings (SSSR count). The summed E-state index contributed by atoms with van der Waals surface area (Å²) in [6.07, 6.45) is 0. The van der Waals surface area contributed by atoms with Crippen molar-refractivity contribution >= 4 is 107 Å². The van der Waals surface area contributed by atoms with Crippen molar-refractivity contribution in [1.29, 1.82) is 5.26 Å². The number of rotatable bonds is 12. The van der Waals surface area contributed by atoms with Gasteiger partial charge in [-0.15, -0.1) is 0 Å². The van der Waals surface area contributed by atoms with E-state index in [0.29, 0.717) is 11.3 Å². The fraction of sp³-hybridized carbons (Fsp3) is 0.0370. The normalized spacial score (nSPS) is 12.2. The van der Waals surface area contributed by atoms with Gasteiger partial charge in [-0.05, 0) is 203 Å². The second-order valence-electron chi connectivity index (χ2n) is 31.3. The second-order valence-corrected chi connectivity index (χ2v) is 31.3. The molecule has 0 saturated carbocycles. The monoisotopic (exact) mass is 1460 g/mol. The van der Waals surface area contributed by atoms with Gasteiger partial charge in [0.1, 0.15) is 0 Å². The molecule has 0 unspecified atom stereocenters. The van der Waals surface area contributed by atoms with Crippen molar-refractivity contribution < 1.29 is 0 Å². The van der Waals surface area contributed by atoms with E-state index in [-0.39, 0.29) is 12.1 Å². The van der Waals surface area contributed by atoms with Crippen LogP contribution in [-0.4, -0.2) is 15.8 Å². The number of benzene rings is 17. The zero-order valence-corrected chi connectivity index (χ0v) is 63.7. The van der Waals surface area contributed by atoms with Crippen molar-refractivity contribution in [1.82, 2.24) is 9.13 Å². The zero-order valence-electron chi connectivity index (χ0n) is 63.7. The maximum atomic E-state index is 10.6. The average molecular weight is 1470 g/mol. The van der Waals surface area contributed by atoms with E-state index < -0.39 is 0 Å². The number of para-hydroxylation sites is 4. The lowest BCUT2D eigenvalue weighted by molar-refractivity contribution is 0.590. The van der Waals surface area contributed by atoms with E-state index in [4.69, 9.17) is 6.57 Å². The van der Waals surface area contributed by atoms with Gasteiger partial charge < -0.3 is 18.9 Å². The number of nitriles is 1. The molecule has 4 heterocycles. The molecular formula is C108H73BN6. The van der Waals surface area contributed by atoms with Crippen LogP contribution in [0.15, 0.2) is 388 Å². The summed E-state index contributed by atoms with van der Waals surface area (Å²) in [6, 6.07) is 145. The first-order chi connectivity index (χ1) is 56.6. The number of nitrogens with zero attached hydrogens (tertiary/aromatic N) is 6. The molecule has 0 bridgehead atoms. The molecule has 7 heteroatoms. The van der Waals surface area contributed by atoms with E-state index in [1.165, 1.54) is 27.1 Å². The Kier molecular flexibility index (Phi) is 16.3. The number of fused-ring (bicyclic) bond motifs is 10. The topological polar surface area (TPSA) is 44.5 Å². The SMILES string of the molecule is [C-]#[N+]c1cccc(-c2cc(-c3ccccc3)c(N3c4cc(-n5c6ccccc6c6ccccc65)ccc4B4c5ccc(-n6c7ccccc7c7ccccc76)cc5N(c5c(-c6ccccc6)cc(-c6cccc(C#N)c6)cc5-c5ccc(C(C)(C)C)cc5)c5cc(-c6ccccc6)cc3c54)c(-c3cccc(-c4ccccc4)c3)c2)c1. The molecule has 2 aliphatic rings. The molecule has 19 aromatic rings. The molecule has 0 amide bonds. The highest BCUT2D eigenvalue weighted by molar-refractivity contribution is 7.00. The first-order valence-corrected chi connectivity index (χ1v) is 39.4. The molecule has 2 aliphatic heterocycles. The smallest absolute Gasteiger partial charge is 0.252 e. The summed E-state index contributed by atoms with van der Waals surface area (Å²) in [5.74, 6) is 0. The van der Waals surface area contributed by atoms with Crippen molar-refractivity contribution in [2.75, 3.05) is 9.80 Å². The van der Waals surface area contributed by atoms with Crippen LogP contribution in [0.1, 0.15) is 31.9 Å². The summed E-state index contributed by atoms with van der Waals surface area (Å²) in [5, 5.41) is 15.4. The van der Waals surface area contributed by atoms with Crippen molar-refractivity contribution in [3.8, 4) is 106 Å². The molecule has 0 spiro atoms. The third-order valence-corrected chi connectivity index (χ3v) is 23.6. The number of anilines is 6. The van der Waals surface area contributed by atoms with Gasteiger partial charge in [-0.3, -0.25) is 0 Å². The van der Waals surface area contributed by atoms with Crippen LogP contribution in [0.25, 0.3) is 149 Å². The van der Waals surface area contributed by atoms with Gasteiger partial charge in [-0.25, -0.2) is 4.85 Å². The molecule has 0 fully saturated rings. The van der Waals surface area contributed by atoms with Crippen LogP contribution in [-0.2, 0) is 5.41 Å². The highest BCUT2D eigenvalue weighted by Gasteiger charge is 2.46. The van der Waals surface area contributed by atoms with Gasteiger partial charge in [0.25, 0.3) is 6.71 Å². The van der Waals surface area contributed by atoms with E-state index in [2.05, 4.69) is 402 Å². The summed E-state index contributed by atoms with van der Waals surface area (Å²) >= 11 is 0. The lowest BCUT2D eigenvalue weighted by Crippen LogP contribution is -2.61. The van der Waals surface area contributed by atoms with Gasteiger partial charge in [-0.2, -0.15) is 5.26 Å². The third kappa shape index (κ3) is 11.5. The van der Waals surface area contributed by atoms with Crippen molar-refractivity contribution in [2.24, 2.45) is 0 Å². The fourth-order valence-electron chi connectivity index (χ4n) is 18.3. The Morgan fingerprint density at radius 3 is 1.10 bits per heavy atom. The first-order valence-electron chi connectivity index (χ1n) is 39.4. The fourth-order valence-corrected chi connectivity index (χ4v) is 18.3. The predicted molar refractivity (Wildman–Crippen MR) is 482 cm³/mol. The molecule has 115 heavy (non-hydrogen) atoms. The Morgan fingerprint density at radius 1 is 0.296 bits per heavy atom. The molecule has 0 atom stereocenters. The Morgan fingerprint density at radius 2 is 0.652 bits per heavy atom. The minimum atomic E-state index is -0.366. The first kappa shape index (κ1) is 68.0. The summed E-state index contributed by atoms with van der Waals surface area (Å²) < 4.78 is 4.94. The summed E-state index contributed by atoms with van der Waals surface area (Å²) in [6.45, 7) is 14.9. The van der Waals surface area contributed by atoms with Crippen molar-refractivity contribution in [3.05, 3.63) is 411 Å². The molecule has 538 valence electrons. The predicted octanol–water partition coefficient (Wildman–Crippen LogP) is 27.0. The Labute approximate surface area is 669 Å². The number of hydrogen-bond acceptors (Lipinski definition) is 3. The van der Waals surface area contributed by atoms with E-state index in [1.54, 1.807) is 0 Å². The van der Waals surface area contributed by atoms with Gasteiger partial charge in [-0.1, -0.05) is 300 Å². The van der Waals surface area contributed by atoms with E-state index >= 15 is 0 Å². The molecule has 0 aliphatic carbocycles. The number of hydrogen-bond donors (Lipinski definition) is 0. The molecule has 0 saturated heterocycles. The van der Waals surface area contributed by atoms with Gasteiger partial charge >= 0.3 is 0 Å². The van der Waals surface area contributed by atoms with Crippen LogP contribution in [0.2, 0.25) is 0 Å². The van der Waals surface area contributed by atoms with Crippen LogP contribution in [0.4, 0.5) is 39.8 Å². The molecule has 0 N–H and O–H groups in total. The van der Waals surface area contributed by atoms with Crippen LogP contribution < -0.4 is 26.2 Å². The molecule has 6 nitrogen and oxygen atoms in total. The Balaban J connectivity index is 0.956. The van der Waals surface area contributed by atoms with Gasteiger partial charge in [0.2, 0.25) is 0 Å². The third-order valence-electron chi connectivity index (χ3n) is 23.6. The molecule has 17 aromatic carbocycles. The lowest BCUT2D eigenvalue weighted by Gasteiger charge is -2.46. The van der Waals surface area contributed by atoms with Gasteiger partial charge in [0.15, 0.2) is 5.69 Å². The average Bonchev–Trinajstić information content (AvgIpc) is 0.895. The van der Waals surface area contributed by atoms with Crippen LogP contribution in [0.5, 0.6) is 0 Å². The largest absolute Gasteiger partial charge is 0.310 e. The minimum Gasteiger partial charge on any atom is -0.310 e. The highest BCUT2D eigenvalue weighted by Crippen LogP contribution is 2.56. The lowest BCUT2D eigenvalue weighted by atomic mass is 9.33. The maximum absolute atomic E-state index is 10.6. The van der Waals surface area contributed by atoms with E-state index in [1.807, 2.05) is 36.4 Å². The van der Waals surface area contributed by atoms with Crippen molar-refractivity contribution in [2.45, 2.75) is 26.2 Å². The van der Waals surface area contributed by atoms with Gasteiger partial charge in [0, 0.05) is 77.9 Å². The highest BCUT2D eigenvalue weighted by atomic mass is 15.2. The Bertz CT molecular complexity index is 7110. The summed E-state index contributed by atoms with van der Waals surface area (Å²) in [4.78, 5) is 9.34. The molecular weight excluding hydrogens is 1390 g/mol. The summed E-state index contributed by atoms with van der Waals surface area (Å²) in [5.41, 5.74) is 34.8. The van der Waals surface area contributed by atoms with Crippen LogP contribution >= 0.6 is 0 Å². The zero-order chi connectivity index (χ0) is 77.0. The quantitative estimate of drug-likeness (QED) is 0.0904. The number of aromatic nitrogens is 2. The molecule has 2 aromatic heterocycles. The Hall–Kier alpha value is -15.0.